The van der Waals surface area contributed by atoms with Crippen LogP contribution in [0, 0.1) is 20.9 Å². The average molecular weight is 910 g/mol. The normalized spacial score (nSPS) is 19.9. The summed E-state index contributed by atoms with van der Waals surface area (Å²) in [4.78, 5) is 85.9. The van der Waals surface area contributed by atoms with Crippen molar-refractivity contribution < 1.29 is 47.9 Å². The number of anilines is 2. The molecule has 22 heteroatoms. The number of carbonyl (C=O) groups is 6. The molecule has 4 aliphatic rings. The maximum atomic E-state index is 12.7. The molecule has 3 aromatic rings. The highest BCUT2D eigenvalue weighted by molar-refractivity contribution is 5.89. The molecule has 2 atom stereocenters. The smallest absolute Gasteiger partial charge is 0.440 e. The van der Waals surface area contributed by atoms with Crippen molar-refractivity contribution in [2.45, 2.75) is 99.7 Å². The van der Waals surface area contributed by atoms with Gasteiger partial charge < -0.3 is 44.9 Å². The lowest BCUT2D eigenvalue weighted by Crippen LogP contribution is -2.39. The van der Waals surface area contributed by atoms with E-state index in [1.54, 1.807) is 9.80 Å². The summed E-state index contributed by atoms with van der Waals surface area (Å²) in [6.07, 6.45) is 8.28. The molecule has 5 amide bonds. The minimum absolute atomic E-state index is 0. The quantitative estimate of drug-likeness (QED) is 0.195. The minimum Gasteiger partial charge on any atom is -0.444 e. The number of rotatable bonds is 4. The van der Waals surface area contributed by atoms with Crippen LogP contribution in [-0.4, -0.2) is 139 Å². The van der Waals surface area contributed by atoms with Crippen LogP contribution in [-0.2, 0) is 19.1 Å². The van der Waals surface area contributed by atoms with E-state index in [4.69, 9.17) is 14.2 Å². The largest absolute Gasteiger partial charge is 0.444 e. The number of nitrogens with one attached hydrogen (secondary N) is 3. The van der Waals surface area contributed by atoms with Crippen LogP contribution in [0.1, 0.15) is 88.5 Å². The summed E-state index contributed by atoms with van der Waals surface area (Å²) < 4.78 is 18.0. The fraction of sp³-hybridized carbons (Fsp3) is 0.581. The molecule has 1 aromatic carbocycles. The summed E-state index contributed by atoms with van der Waals surface area (Å²) in [6, 6.07) is 4.81. The van der Waals surface area contributed by atoms with Gasteiger partial charge >= 0.3 is 24.3 Å². The van der Waals surface area contributed by atoms with Crippen molar-refractivity contribution in [1.82, 2.24) is 39.6 Å². The summed E-state index contributed by atoms with van der Waals surface area (Å²) >= 11 is 0. The number of hydrogen-bond acceptors (Lipinski definition) is 14. The van der Waals surface area contributed by atoms with Crippen LogP contribution in [0.15, 0.2) is 49.1 Å². The molecule has 2 spiro atoms. The van der Waals surface area contributed by atoms with Crippen molar-refractivity contribution in [1.29, 1.82) is 0 Å². The number of nitrogens with zero attached hydrogens (tertiary/aromatic N) is 8. The second-order valence-corrected chi connectivity index (χ2v) is 18.5. The van der Waals surface area contributed by atoms with Gasteiger partial charge in [0.05, 0.1) is 41.1 Å². The number of nitro groups is 1. The fourth-order valence-electron chi connectivity index (χ4n) is 7.72. The molecule has 0 radical (unpaired) electrons. The molecule has 4 aliphatic heterocycles. The molecule has 6 heterocycles. The van der Waals surface area contributed by atoms with Gasteiger partial charge in [-0.2, -0.15) is 19.6 Å². The highest BCUT2D eigenvalue weighted by Crippen LogP contribution is 2.40. The molecule has 0 bridgehead atoms. The molecule has 4 fully saturated rings. The third kappa shape index (κ3) is 14.7. The molecular weight excluding hydrogens is 847 g/mol. The number of hydrogen-bond donors (Lipinski definition) is 3. The number of likely N-dealkylation sites (tertiary alicyclic amines) is 3. The Labute approximate surface area is 378 Å². The van der Waals surface area contributed by atoms with Crippen LogP contribution in [0.3, 0.4) is 0 Å². The van der Waals surface area contributed by atoms with Crippen molar-refractivity contribution in [2.24, 2.45) is 10.8 Å². The summed E-state index contributed by atoms with van der Waals surface area (Å²) in [5.41, 5.74) is 0.0698. The van der Waals surface area contributed by atoms with Crippen LogP contribution in [0.4, 0.5) is 36.2 Å². The molecule has 356 valence electrons. The van der Waals surface area contributed by atoms with E-state index in [2.05, 4.69) is 26.1 Å². The number of ether oxygens (including phenoxy) is 3. The first-order valence-corrected chi connectivity index (χ1v) is 21.0. The van der Waals surface area contributed by atoms with Gasteiger partial charge in [0.1, 0.15) is 17.0 Å². The van der Waals surface area contributed by atoms with Crippen molar-refractivity contribution in [3.8, 4) is 5.75 Å². The van der Waals surface area contributed by atoms with Gasteiger partial charge in [-0.05, 0) is 85.9 Å². The number of carbonyl (C=O) groups excluding carboxylic acids is 6. The zero-order chi connectivity index (χ0) is 47.0. The van der Waals surface area contributed by atoms with E-state index in [0.717, 1.165) is 50.1 Å². The molecule has 2 aromatic heterocycles. The Balaban J connectivity index is 0.000000219. The van der Waals surface area contributed by atoms with E-state index < -0.39 is 16.6 Å². The van der Waals surface area contributed by atoms with Gasteiger partial charge in [-0.15, -0.1) is 0 Å². The molecule has 0 aliphatic carbocycles. The first-order chi connectivity index (χ1) is 29.9. The van der Waals surface area contributed by atoms with Crippen LogP contribution in [0.25, 0.3) is 0 Å². The topological polar surface area (TPSA) is 255 Å². The SMILES string of the molecule is C.CC(=O)Nc1cnn(C(=O)N2CCC3(CCN(C(=O)OC(C)(C)C)C3)C2)c1.CC(=O)Nc1cnn(C(=O)Oc2ccc([N+](=O)[O-])cc2)c1.CC(C)(C)OC(=O)N1CCC2(CCNC2)C1. The van der Waals surface area contributed by atoms with E-state index in [0.29, 0.717) is 43.0 Å². The van der Waals surface area contributed by atoms with Gasteiger partial charge in [0.2, 0.25) is 11.8 Å². The van der Waals surface area contributed by atoms with E-state index in [1.807, 2.05) is 46.4 Å². The van der Waals surface area contributed by atoms with Gasteiger partial charge in [0.25, 0.3) is 5.69 Å². The van der Waals surface area contributed by atoms with Crippen LogP contribution in [0.5, 0.6) is 5.75 Å². The summed E-state index contributed by atoms with van der Waals surface area (Å²) in [7, 11) is 0. The molecule has 0 saturated carbocycles. The van der Waals surface area contributed by atoms with Crippen molar-refractivity contribution >= 4 is 53.2 Å². The molecule has 7 rings (SSSR count). The first kappa shape index (κ1) is 51.1. The number of non-ortho nitro benzene ring substituents is 1. The summed E-state index contributed by atoms with van der Waals surface area (Å²) in [5.74, 6) is -0.365. The van der Waals surface area contributed by atoms with Crippen LogP contribution < -0.4 is 20.7 Å². The predicted octanol–water partition coefficient (Wildman–Crippen LogP) is 6.18. The second-order valence-electron chi connectivity index (χ2n) is 18.5. The van der Waals surface area contributed by atoms with Gasteiger partial charge in [-0.25, -0.2) is 19.2 Å². The van der Waals surface area contributed by atoms with Gasteiger partial charge in [0, 0.05) is 82.6 Å². The highest BCUT2D eigenvalue weighted by atomic mass is 16.6. The van der Waals surface area contributed by atoms with Crippen molar-refractivity contribution in [3.05, 3.63) is 59.2 Å². The Morgan fingerprint density at radius 1 is 0.692 bits per heavy atom. The van der Waals surface area contributed by atoms with Crippen molar-refractivity contribution in [2.75, 3.05) is 63.0 Å². The first-order valence-electron chi connectivity index (χ1n) is 21.0. The lowest BCUT2D eigenvalue weighted by Gasteiger charge is -2.27. The van der Waals surface area contributed by atoms with E-state index in [-0.39, 0.29) is 59.9 Å². The third-order valence-corrected chi connectivity index (χ3v) is 10.7. The van der Waals surface area contributed by atoms with Crippen LogP contribution in [0.2, 0.25) is 0 Å². The molecule has 65 heavy (non-hydrogen) atoms. The standard InChI is InChI=1S/C18H27N5O4.C12H10N4O5.C12H22N2O2.CH4/c1-13(24)20-14-9-19-23(10-14)15(25)21-7-5-18(11-21)6-8-22(12-18)16(26)27-17(2,3)4;1-8(17)14-9-6-13-15(7-9)12(18)21-11-4-2-10(3-5-11)16(19)20;1-11(2,3)16-10(15)14-7-5-12(9-14)4-6-13-8-12;/h9-10H,5-8,11-12H2,1-4H3,(H,20,24);2-7H,1H3,(H,14,17);13H,4-9H2,1-3H3;1H4. The number of aromatic nitrogens is 4. The zero-order valence-electron chi connectivity index (χ0n) is 37.7. The fourth-order valence-corrected chi connectivity index (χ4v) is 7.72. The Morgan fingerprint density at radius 3 is 1.63 bits per heavy atom. The maximum absolute atomic E-state index is 12.7. The number of amides is 5. The van der Waals surface area contributed by atoms with Gasteiger partial charge in [0.15, 0.2) is 0 Å². The Kier molecular flexibility index (Phi) is 16.5. The van der Waals surface area contributed by atoms with Gasteiger partial charge in [-0.3, -0.25) is 19.7 Å². The van der Waals surface area contributed by atoms with Crippen molar-refractivity contribution in [3.63, 3.8) is 0 Å². The monoisotopic (exact) mass is 909 g/mol. The molecule has 2 unspecified atom stereocenters. The lowest BCUT2D eigenvalue weighted by atomic mass is 9.86. The molecule has 3 N–H and O–H groups in total. The summed E-state index contributed by atoms with van der Waals surface area (Å²) in [5, 5.41) is 26.7. The van der Waals surface area contributed by atoms with Crippen LogP contribution >= 0.6 is 0 Å². The maximum Gasteiger partial charge on any atom is 0.440 e. The van der Waals surface area contributed by atoms with E-state index >= 15 is 0 Å². The average Bonchev–Trinajstić information content (AvgIpc) is 4.06. The molecule has 22 nitrogen and oxygen atoms in total. The zero-order valence-corrected chi connectivity index (χ0v) is 37.7. The second kappa shape index (κ2) is 20.9. The van der Waals surface area contributed by atoms with E-state index in [1.165, 1.54) is 74.0 Å². The van der Waals surface area contributed by atoms with Gasteiger partial charge in [-0.1, -0.05) is 7.43 Å². The lowest BCUT2D eigenvalue weighted by molar-refractivity contribution is -0.384. The Hall–Kier alpha value is -6.58. The minimum atomic E-state index is -0.805. The van der Waals surface area contributed by atoms with E-state index in [9.17, 15) is 38.9 Å². The Morgan fingerprint density at radius 2 is 1.15 bits per heavy atom. The summed E-state index contributed by atoms with van der Waals surface area (Å²) in [6.45, 7) is 20.3. The predicted molar refractivity (Wildman–Crippen MR) is 238 cm³/mol. The number of benzene rings is 1. The highest BCUT2D eigenvalue weighted by Gasteiger charge is 2.47. The molecular formula is C43H63N11O11. The third-order valence-electron chi connectivity index (χ3n) is 10.7. The number of nitro benzene ring substituents is 1. The Bertz CT molecular complexity index is 2190. The molecule has 4 saturated heterocycles.